The third-order valence-corrected chi connectivity index (χ3v) is 6.00. The first-order valence-corrected chi connectivity index (χ1v) is 14.6. The van der Waals surface area contributed by atoms with Crippen molar-refractivity contribution in [3.8, 4) is 5.75 Å². The molecule has 1 aromatic rings. The summed E-state index contributed by atoms with van der Waals surface area (Å²) in [5, 5.41) is 0. The molecule has 0 radical (unpaired) electrons. The molecular weight excluding hydrogens is 536 g/mol. The maximum atomic E-state index is 13.0. The largest absolute Gasteiger partial charge is 0.444 e. The molecule has 1 amide bonds. The van der Waals surface area contributed by atoms with Crippen molar-refractivity contribution in [3.05, 3.63) is 53.3 Å². The molecule has 0 N–H and O–H groups in total. The van der Waals surface area contributed by atoms with Crippen LogP contribution in [0.1, 0.15) is 87.1 Å². The molecule has 1 aliphatic rings. The first-order valence-electron chi connectivity index (χ1n) is 14.6. The lowest BCUT2D eigenvalue weighted by atomic mass is 9.94. The van der Waals surface area contributed by atoms with E-state index < -0.39 is 18.1 Å². The number of allylic oxidation sites excluding steroid dienone is 3. The molecule has 2 rings (SSSR count). The lowest BCUT2D eigenvalue weighted by molar-refractivity contribution is -0.158. The van der Waals surface area contributed by atoms with Crippen molar-refractivity contribution in [3.63, 3.8) is 0 Å². The van der Waals surface area contributed by atoms with Crippen LogP contribution in [-0.4, -0.2) is 60.2 Å². The van der Waals surface area contributed by atoms with Crippen LogP contribution in [0.3, 0.4) is 0 Å². The number of hydrogen-bond donors (Lipinski definition) is 0. The van der Waals surface area contributed by atoms with Gasteiger partial charge in [-0.3, -0.25) is 0 Å². The lowest BCUT2D eigenvalue weighted by Crippen LogP contribution is -2.49. The van der Waals surface area contributed by atoms with Gasteiger partial charge in [0.25, 0.3) is 0 Å². The molecule has 5 nitrogen and oxygen atoms in total. The number of aryl methyl sites for hydroxylation is 1. The zero-order chi connectivity index (χ0) is 31.8. The Hall–Kier alpha value is -2.71. The summed E-state index contributed by atoms with van der Waals surface area (Å²) in [6.07, 6.45) is -0.230. The van der Waals surface area contributed by atoms with Gasteiger partial charge in [0.05, 0.1) is 0 Å². The summed E-state index contributed by atoms with van der Waals surface area (Å²) >= 11 is 0. The highest BCUT2D eigenvalue weighted by molar-refractivity contribution is 5.68. The standard InChI is InChI=1S/C21H36F2N2O2.C9H10F2O.C2H6/c1-7-9-18(14-17(15-19(22)23)16(3)8-2)24-10-12-25(13-11-24)20(26)27-21(4,5)6;1-7-3-5-8(6-4-7)12-9(2,10)11;1-2/h9,14,16,19H,7-8,10-13,15H2,1-6H3;3-6H,1-2H3;1-2H3/b17-14-,18-9+;;. The van der Waals surface area contributed by atoms with Crippen molar-refractivity contribution in [2.24, 2.45) is 5.92 Å². The van der Waals surface area contributed by atoms with Gasteiger partial charge < -0.3 is 19.3 Å². The number of carbonyl (C=O) groups is 1. The molecule has 1 atom stereocenters. The summed E-state index contributed by atoms with van der Waals surface area (Å²) in [6.45, 7) is 20.7. The van der Waals surface area contributed by atoms with Crippen LogP contribution in [0, 0.1) is 12.8 Å². The molecule has 9 heteroatoms. The van der Waals surface area contributed by atoms with E-state index >= 15 is 0 Å². The van der Waals surface area contributed by atoms with E-state index in [1.54, 1.807) is 17.0 Å². The lowest BCUT2D eigenvalue weighted by Gasteiger charge is -2.37. The zero-order valence-electron chi connectivity index (χ0n) is 26.7. The van der Waals surface area contributed by atoms with Crippen molar-refractivity contribution in [2.75, 3.05) is 26.2 Å². The topological polar surface area (TPSA) is 42.0 Å². The van der Waals surface area contributed by atoms with E-state index in [9.17, 15) is 22.4 Å². The van der Waals surface area contributed by atoms with Crippen LogP contribution in [0.5, 0.6) is 5.75 Å². The van der Waals surface area contributed by atoms with E-state index in [4.69, 9.17) is 4.74 Å². The smallest absolute Gasteiger partial charge is 0.410 e. The van der Waals surface area contributed by atoms with E-state index in [2.05, 4.69) is 15.7 Å². The minimum atomic E-state index is -3.10. The van der Waals surface area contributed by atoms with E-state index in [1.165, 1.54) is 12.1 Å². The summed E-state index contributed by atoms with van der Waals surface area (Å²) < 4.78 is 60.3. The quantitative estimate of drug-likeness (QED) is 0.213. The summed E-state index contributed by atoms with van der Waals surface area (Å²) in [7, 11) is 0. The average molecular weight is 589 g/mol. The van der Waals surface area contributed by atoms with E-state index in [0.29, 0.717) is 33.1 Å². The molecule has 1 heterocycles. The Balaban J connectivity index is 0.000000947. The number of hydrogen-bond acceptors (Lipinski definition) is 4. The molecule has 1 saturated heterocycles. The molecule has 1 unspecified atom stereocenters. The number of rotatable bonds is 9. The Morgan fingerprint density at radius 2 is 1.49 bits per heavy atom. The highest BCUT2D eigenvalue weighted by Crippen LogP contribution is 2.25. The molecule has 1 fully saturated rings. The Morgan fingerprint density at radius 3 is 1.90 bits per heavy atom. The zero-order valence-corrected chi connectivity index (χ0v) is 26.7. The second-order valence-corrected chi connectivity index (χ2v) is 10.8. The third kappa shape index (κ3) is 17.0. The SMILES string of the molecule is CC.CC/C=C(\C=C(\CC(F)F)C(C)CC)N1CCN(C(=O)OC(C)(C)C)CC1.Cc1ccc(OC(C)(F)F)cc1. The van der Waals surface area contributed by atoms with Gasteiger partial charge in [-0.05, 0) is 64.7 Å². The maximum Gasteiger partial charge on any atom is 0.410 e. The Bertz CT molecular complexity index is 928. The average Bonchev–Trinajstić information content (AvgIpc) is 2.88. The Labute approximate surface area is 245 Å². The highest BCUT2D eigenvalue weighted by Gasteiger charge is 2.27. The van der Waals surface area contributed by atoms with E-state index in [1.807, 2.05) is 68.4 Å². The highest BCUT2D eigenvalue weighted by atomic mass is 19.3. The molecule has 0 saturated carbocycles. The fourth-order valence-corrected chi connectivity index (χ4v) is 3.81. The summed E-state index contributed by atoms with van der Waals surface area (Å²) in [6, 6.07) is 6.49. The van der Waals surface area contributed by atoms with Crippen molar-refractivity contribution in [2.45, 2.75) is 107 Å². The normalized spacial score (nSPS) is 15.4. The number of nitrogens with zero attached hydrogens (tertiary/aromatic N) is 2. The van der Waals surface area contributed by atoms with Crippen LogP contribution in [-0.2, 0) is 4.74 Å². The fraction of sp³-hybridized carbons (Fsp3) is 0.656. The number of ether oxygens (including phenoxy) is 2. The fourth-order valence-electron chi connectivity index (χ4n) is 3.81. The minimum Gasteiger partial charge on any atom is -0.444 e. The van der Waals surface area contributed by atoms with Crippen molar-refractivity contribution < 1.29 is 31.8 Å². The minimum absolute atomic E-state index is 0.127. The van der Waals surface area contributed by atoms with Gasteiger partial charge in [0.2, 0.25) is 6.43 Å². The van der Waals surface area contributed by atoms with Gasteiger partial charge in [0.1, 0.15) is 11.4 Å². The van der Waals surface area contributed by atoms with Gasteiger partial charge in [-0.15, -0.1) is 0 Å². The molecule has 0 aliphatic carbocycles. The van der Waals surface area contributed by atoms with Crippen LogP contribution in [0.15, 0.2) is 47.7 Å². The van der Waals surface area contributed by atoms with Gasteiger partial charge in [-0.25, -0.2) is 13.6 Å². The molecular formula is C32H52F4N2O3. The molecule has 0 spiro atoms. The van der Waals surface area contributed by atoms with Crippen LogP contribution in [0.2, 0.25) is 0 Å². The van der Waals surface area contributed by atoms with Crippen LogP contribution >= 0.6 is 0 Å². The third-order valence-electron chi connectivity index (χ3n) is 6.00. The predicted molar refractivity (Wildman–Crippen MR) is 160 cm³/mol. The van der Waals surface area contributed by atoms with Gasteiger partial charge in [-0.1, -0.05) is 64.0 Å². The number of alkyl halides is 4. The first-order chi connectivity index (χ1) is 19.0. The molecule has 1 aliphatic heterocycles. The Morgan fingerprint density at radius 1 is 0.976 bits per heavy atom. The number of halogens is 4. The number of amides is 1. The number of piperazine rings is 1. The molecule has 0 aromatic heterocycles. The van der Waals surface area contributed by atoms with E-state index in [0.717, 1.165) is 29.7 Å². The van der Waals surface area contributed by atoms with Gasteiger partial charge in [0.15, 0.2) is 0 Å². The second kappa shape index (κ2) is 18.7. The van der Waals surface area contributed by atoms with E-state index in [-0.39, 0.29) is 24.2 Å². The van der Waals surface area contributed by atoms with Gasteiger partial charge in [0, 0.05) is 45.2 Å². The molecule has 0 bridgehead atoms. The van der Waals surface area contributed by atoms with Crippen LogP contribution in [0.25, 0.3) is 0 Å². The van der Waals surface area contributed by atoms with Crippen molar-refractivity contribution in [1.29, 1.82) is 0 Å². The number of carbonyl (C=O) groups excluding carboxylic acids is 1. The van der Waals surface area contributed by atoms with Crippen molar-refractivity contribution >= 4 is 6.09 Å². The summed E-state index contributed by atoms with van der Waals surface area (Å²) in [5.41, 5.74) is 2.28. The monoisotopic (exact) mass is 588 g/mol. The van der Waals surface area contributed by atoms with Gasteiger partial charge in [-0.2, -0.15) is 8.78 Å². The summed E-state index contributed by atoms with van der Waals surface area (Å²) in [4.78, 5) is 16.1. The number of benzene rings is 1. The maximum absolute atomic E-state index is 13.0. The molecule has 41 heavy (non-hydrogen) atoms. The Kier molecular flexibility index (Phi) is 17.4. The van der Waals surface area contributed by atoms with Gasteiger partial charge >= 0.3 is 12.2 Å². The second-order valence-electron chi connectivity index (χ2n) is 10.8. The first kappa shape index (κ1) is 38.3. The van der Waals surface area contributed by atoms with Crippen molar-refractivity contribution in [1.82, 2.24) is 9.80 Å². The van der Waals surface area contributed by atoms with Crippen LogP contribution < -0.4 is 4.74 Å². The molecule has 1 aromatic carbocycles. The molecule has 236 valence electrons. The predicted octanol–water partition coefficient (Wildman–Crippen LogP) is 9.47. The summed E-state index contributed by atoms with van der Waals surface area (Å²) in [5.74, 6) is 0.315. The van der Waals surface area contributed by atoms with Crippen LogP contribution in [0.4, 0.5) is 22.4 Å².